The highest BCUT2D eigenvalue weighted by Gasteiger charge is 2.16. The SMILES string of the molecule is CC[C@@H](NC(=O)CCc1c(C)noc1C)c1ncc(C)[nH]1. The van der Waals surface area contributed by atoms with Crippen LogP contribution in [0.2, 0.25) is 0 Å². The summed E-state index contributed by atoms with van der Waals surface area (Å²) in [7, 11) is 0. The van der Waals surface area contributed by atoms with E-state index < -0.39 is 0 Å². The second kappa shape index (κ2) is 6.56. The van der Waals surface area contributed by atoms with Crippen LogP contribution in [0.3, 0.4) is 0 Å². The van der Waals surface area contributed by atoms with Crippen LogP contribution in [0, 0.1) is 20.8 Å². The first-order valence-electron chi connectivity index (χ1n) is 7.23. The van der Waals surface area contributed by atoms with Gasteiger partial charge in [-0.25, -0.2) is 4.98 Å². The standard InChI is InChI=1S/C15H22N4O2/c1-5-13(15-16-8-9(2)17-15)18-14(20)7-6-12-10(3)19-21-11(12)4/h8,13H,5-7H2,1-4H3,(H,16,17)(H,18,20)/t13-/m1/s1. The number of aromatic nitrogens is 3. The summed E-state index contributed by atoms with van der Waals surface area (Å²) in [5, 5.41) is 6.91. The fourth-order valence-corrected chi connectivity index (χ4v) is 2.34. The predicted molar refractivity (Wildman–Crippen MR) is 78.8 cm³/mol. The maximum atomic E-state index is 12.1. The molecule has 21 heavy (non-hydrogen) atoms. The molecular formula is C15H22N4O2. The van der Waals surface area contributed by atoms with Gasteiger partial charge in [0.05, 0.1) is 11.7 Å². The van der Waals surface area contributed by atoms with Crippen molar-refractivity contribution >= 4 is 5.91 Å². The number of nitrogens with zero attached hydrogens (tertiary/aromatic N) is 2. The number of H-pyrrole nitrogens is 1. The lowest BCUT2D eigenvalue weighted by Gasteiger charge is -2.14. The predicted octanol–water partition coefficient (Wildman–Crippen LogP) is 2.52. The molecule has 0 bridgehead atoms. The summed E-state index contributed by atoms with van der Waals surface area (Å²) >= 11 is 0. The Morgan fingerprint density at radius 3 is 2.71 bits per heavy atom. The number of hydrogen-bond donors (Lipinski definition) is 2. The van der Waals surface area contributed by atoms with Gasteiger partial charge in [0.15, 0.2) is 0 Å². The van der Waals surface area contributed by atoms with Gasteiger partial charge in [-0.3, -0.25) is 4.79 Å². The Morgan fingerprint density at radius 2 is 2.19 bits per heavy atom. The summed E-state index contributed by atoms with van der Waals surface area (Å²) < 4.78 is 5.11. The van der Waals surface area contributed by atoms with Gasteiger partial charge in [0, 0.05) is 23.9 Å². The number of hydrogen-bond acceptors (Lipinski definition) is 4. The van der Waals surface area contributed by atoms with E-state index >= 15 is 0 Å². The van der Waals surface area contributed by atoms with Gasteiger partial charge < -0.3 is 14.8 Å². The van der Waals surface area contributed by atoms with Crippen LogP contribution in [0.15, 0.2) is 10.7 Å². The zero-order valence-corrected chi connectivity index (χ0v) is 13.0. The molecule has 0 aromatic carbocycles. The van der Waals surface area contributed by atoms with Gasteiger partial charge in [-0.05, 0) is 33.6 Å². The first-order valence-corrected chi connectivity index (χ1v) is 7.23. The van der Waals surface area contributed by atoms with Crippen molar-refractivity contribution in [1.29, 1.82) is 0 Å². The first-order chi connectivity index (χ1) is 10.0. The lowest BCUT2D eigenvalue weighted by molar-refractivity contribution is -0.121. The highest BCUT2D eigenvalue weighted by molar-refractivity contribution is 5.76. The smallest absolute Gasteiger partial charge is 0.220 e. The number of aryl methyl sites for hydroxylation is 3. The van der Waals surface area contributed by atoms with Crippen molar-refractivity contribution < 1.29 is 9.32 Å². The van der Waals surface area contributed by atoms with E-state index in [1.807, 2.05) is 27.7 Å². The summed E-state index contributed by atoms with van der Waals surface area (Å²) in [4.78, 5) is 19.6. The molecule has 2 N–H and O–H groups in total. The molecule has 0 aliphatic carbocycles. The van der Waals surface area contributed by atoms with Gasteiger partial charge in [-0.2, -0.15) is 0 Å². The highest BCUT2D eigenvalue weighted by atomic mass is 16.5. The normalized spacial score (nSPS) is 12.4. The Morgan fingerprint density at radius 1 is 1.43 bits per heavy atom. The molecule has 2 aromatic heterocycles. The molecule has 0 saturated heterocycles. The van der Waals surface area contributed by atoms with E-state index in [2.05, 4.69) is 20.4 Å². The molecule has 6 nitrogen and oxygen atoms in total. The van der Waals surface area contributed by atoms with Crippen molar-refractivity contribution in [3.8, 4) is 0 Å². The molecule has 2 aromatic rings. The third-order valence-electron chi connectivity index (χ3n) is 3.58. The Kier molecular flexibility index (Phi) is 4.77. The zero-order chi connectivity index (χ0) is 15.4. The molecule has 0 radical (unpaired) electrons. The Labute approximate surface area is 124 Å². The van der Waals surface area contributed by atoms with Crippen LogP contribution >= 0.6 is 0 Å². The number of imidazole rings is 1. The number of amides is 1. The lowest BCUT2D eigenvalue weighted by atomic mass is 10.1. The molecule has 0 saturated carbocycles. The van der Waals surface area contributed by atoms with Gasteiger partial charge in [0.1, 0.15) is 11.6 Å². The topological polar surface area (TPSA) is 83.8 Å². The van der Waals surface area contributed by atoms with Crippen molar-refractivity contribution in [2.75, 3.05) is 0 Å². The van der Waals surface area contributed by atoms with Crippen LogP contribution < -0.4 is 5.32 Å². The van der Waals surface area contributed by atoms with E-state index in [-0.39, 0.29) is 11.9 Å². The van der Waals surface area contributed by atoms with Crippen molar-refractivity contribution in [3.63, 3.8) is 0 Å². The summed E-state index contributed by atoms with van der Waals surface area (Å²) in [5.41, 5.74) is 2.87. The fraction of sp³-hybridized carbons (Fsp3) is 0.533. The minimum atomic E-state index is -0.0733. The van der Waals surface area contributed by atoms with Crippen LogP contribution in [-0.2, 0) is 11.2 Å². The second-order valence-electron chi connectivity index (χ2n) is 5.28. The average Bonchev–Trinajstić information content (AvgIpc) is 3.01. The Hall–Kier alpha value is -2.11. The molecule has 0 unspecified atom stereocenters. The molecule has 1 amide bonds. The van der Waals surface area contributed by atoms with Gasteiger partial charge in [-0.15, -0.1) is 0 Å². The minimum Gasteiger partial charge on any atom is -0.361 e. The first kappa shape index (κ1) is 15.3. The third kappa shape index (κ3) is 3.71. The van der Waals surface area contributed by atoms with E-state index in [1.54, 1.807) is 6.20 Å². The monoisotopic (exact) mass is 290 g/mol. The summed E-state index contributed by atoms with van der Waals surface area (Å²) in [6.45, 7) is 7.73. The summed E-state index contributed by atoms with van der Waals surface area (Å²) in [6, 6.07) is -0.0733. The maximum absolute atomic E-state index is 12.1. The van der Waals surface area contributed by atoms with E-state index in [0.29, 0.717) is 12.8 Å². The fourth-order valence-electron chi connectivity index (χ4n) is 2.34. The molecule has 0 fully saturated rings. The molecule has 2 rings (SSSR count). The lowest BCUT2D eigenvalue weighted by Crippen LogP contribution is -2.29. The van der Waals surface area contributed by atoms with Crippen molar-refractivity contribution in [3.05, 3.63) is 34.7 Å². The van der Waals surface area contributed by atoms with Crippen molar-refractivity contribution in [1.82, 2.24) is 20.4 Å². The van der Waals surface area contributed by atoms with Gasteiger partial charge in [-0.1, -0.05) is 12.1 Å². The van der Waals surface area contributed by atoms with Crippen molar-refractivity contribution in [2.24, 2.45) is 0 Å². The maximum Gasteiger partial charge on any atom is 0.220 e. The second-order valence-corrected chi connectivity index (χ2v) is 5.28. The Balaban J connectivity index is 1.91. The van der Waals surface area contributed by atoms with Crippen LogP contribution in [0.1, 0.15) is 54.3 Å². The van der Waals surface area contributed by atoms with Gasteiger partial charge in [0.2, 0.25) is 5.91 Å². The highest BCUT2D eigenvalue weighted by Crippen LogP contribution is 2.16. The van der Waals surface area contributed by atoms with Crippen LogP contribution in [0.25, 0.3) is 0 Å². The van der Waals surface area contributed by atoms with Crippen LogP contribution in [-0.4, -0.2) is 21.0 Å². The average molecular weight is 290 g/mol. The van der Waals surface area contributed by atoms with Crippen LogP contribution in [0.5, 0.6) is 0 Å². The van der Waals surface area contributed by atoms with E-state index in [4.69, 9.17) is 4.52 Å². The molecule has 1 atom stereocenters. The summed E-state index contributed by atoms with van der Waals surface area (Å²) in [5.74, 6) is 1.60. The zero-order valence-electron chi connectivity index (χ0n) is 13.0. The largest absolute Gasteiger partial charge is 0.361 e. The molecule has 114 valence electrons. The van der Waals surface area contributed by atoms with E-state index in [1.165, 1.54) is 0 Å². The number of nitrogens with one attached hydrogen (secondary N) is 2. The van der Waals surface area contributed by atoms with E-state index in [9.17, 15) is 4.79 Å². The molecule has 2 heterocycles. The number of aromatic amines is 1. The molecule has 0 spiro atoms. The number of carbonyl (C=O) groups is 1. The molecule has 0 aliphatic rings. The third-order valence-corrected chi connectivity index (χ3v) is 3.58. The molecule has 6 heteroatoms. The quantitative estimate of drug-likeness (QED) is 0.856. The van der Waals surface area contributed by atoms with Gasteiger partial charge in [0.25, 0.3) is 0 Å². The molecule has 0 aliphatic heterocycles. The molecular weight excluding hydrogens is 268 g/mol. The van der Waals surface area contributed by atoms with Crippen molar-refractivity contribution in [2.45, 2.75) is 53.0 Å². The van der Waals surface area contributed by atoms with Crippen LogP contribution in [0.4, 0.5) is 0 Å². The number of carbonyl (C=O) groups excluding carboxylic acids is 1. The Bertz CT molecular complexity index is 595. The summed E-state index contributed by atoms with van der Waals surface area (Å²) in [6.07, 6.45) is 3.62. The number of rotatable bonds is 6. The van der Waals surface area contributed by atoms with E-state index in [0.717, 1.165) is 35.0 Å². The van der Waals surface area contributed by atoms with Gasteiger partial charge >= 0.3 is 0 Å². The minimum absolute atomic E-state index is 0.0101.